The van der Waals surface area contributed by atoms with E-state index in [0.717, 1.165) is 37.0 Å². The third kappa shape index (κ3) is 3.22. The molecule has 1 heterocycles. The van der Waals surface area contributed by atoms with Gasteiger partial charge in [0.25, 0.3) is 0 Å². The zero-order valence-corrected chi connectivity index (χ0v) is 11.4. The van der Waals surface area contributed by atoms with Gasteiger partial charge in [-0.1, -0.05) is 25.7 Å². The Balaban J connectivity index is 2.20. The fraction of sp³-hybridized carbons (Fsp3) is 0.667. The van der Waals surface area contributed by atoms with E-state index >= 15 is 0 Å². The van der Waals surface area contributed by atoms with Gasteiger partial charge in [-0.25, -0.2) is 0 Å². The average Bonchev–Trinajstić information content (AvgIpc) is 2.55. The topological polar surface area (TPSA) is 42.4 Å². The molecule has 0 atom stereocenters. The molecule has 1 fully saturated rings. The Morgan fingerprint density at radius 2 is 1.83 bits per heavy atom. The number of rotatable bonds is 3. The van der Waals surface area contributed by atoms with Crippen LogP contribution in [0.4, 0.5) is 0 Å². The third-order valence-electron chi connectivity index (χ3n) is 3.55. The Morgan fingerprint density at radius 3 is 2.44 bits per heavy atom. The molecule has 1 aliphatic carbocycles. The molecule has 0 spiro atoms. The van der Waals surface area contributed by atoms with Crippen molar-refractivity contribution in [2.75, 3.05) is 0 Å². The first kappa shape index (κ1) is 13.3. The average molecular weight is 249 g/mol. The van der Waals surface area contributed by atoms with Crippen molar-refractivity contribution in [3.05, 3.63) is 24.0 Å². The predicted molar refractivity (Wildman–Crippen MR) is 71.6 cm³/mol. The Kier molecular flexibility index (Phi) is 4.23. The van der Waals surface area contributed by atoms with Gasteiger partial charge in [-0.05, 0) is 32.8 Å². The molecule has 1 N–H and O–H groups in total. The monoisotopic (exact) mass is 249 g/mol. The second-order valence-electron chi connectivity index (χ2n) is 5.52. The second-order valence-corrected chi connectivity index (χ2v) is 5.52. The lowest BCUT2D eigenvalue weighted by Gasteiger charge is -2.27. The first-order chi connectivity index (χ1) is 8.60. The molecule has 1 aromatic heterocycles. The van der Waals surface area contributed by atoms with Gasteiger partial charge in [0.05, 0.1) is 17.9 Å². The highest BCUT2D eigenvalue weighted by molar-refractivity contribution is 5.28. The summed E-state index contributed by atoms with van der Waals surface area (Å²) in [6.45, 7) is 3.99. The van der Waals surface area contributed by atoms with E-state index in [9.17, 15) is 5.11 Å². The maximum absolute atomic E-state index is 10.8. The number of pyridine rings is 1. The van der Waals surface area contributed by atoms with Crippen LogP contribution in [0.1, 0.15) is 57.9 Å². The quantitative estimate of drug-likeness (QED) is 0.835. The van der Waals surface area contributed by atoms with Crippen molar-refractivity contribution in [1.82, 2.24) is 4.98 Å². The summed E-state index contributed by atoms with van der Waals surface area (Å²) >= 11 is 0. The minimum absolute atomic E-state index is 0.130. The molecule has 2 rings (SSSR count). The minimum atomic E-state index is -0.708. The molecule has 100 valence electrons. The highest BCUT2D eigenvalue weighted by Crippen LogP contribution is 2.36. The summed E-state index contributed by atoms with van der Waals surface area (Å²) in [7, 11) is 0. The fourth-order valence-electron chi connectivity index (χ4n) is 2.61. The number of hydrogen-bond donors (Lipinski definition) is 1. The van der Waals surface area contributed by atoms with Crippen molar-refractivity contribution < 1.29 is 9.84 Å². The molecule has 18 heavy (non-hydrogen) atoms. The molecule has 1 aliphatic rings. The molecule has 3 nitrogen and oxygen atoms in total. The van der Waals surface area contributed by atoms with Crippen LogP contribution in [0.15, 0.2) is 18.5 Å². The van der Waals surface area contributed by atoms with E-state index in [2.05, 4.69) is 4.98 Å². The van der Waals surface area contributed by atoms with Crippen molar-refractivity contribution >= 4 is 0 Å². The van der Waals surface area contributed by atoms with Crippen LogP contribution >= 0.6 is 0 Å². The van der Waals surface area contributed by atoms with Crippen LogP contribution in [-0.2, 0) is 5.60 Å². The van der Waals surface area contributed by atoms with Gasteiger partial charge in [-0.2, -0.15) is 0 Å². The molecular weight excluding hydrogens is 226 g/mol. The fourth-order valence-corrected chi connectivity index (χ4v) is 2.61. The summed E-state index contributed by atoms with van der Waals surface area (Å²) in [5.41, 5.74) is 0.197. The highest BCUT2D eigenvalue weighted by Gasteiger charge is 2.30. The first-order valence-electron chi connectivity index (χ1n) is 6.95. The van der Waals surface area contributed by atoms with Crippen LogP contribution in [0.3, 0.4) is 0 Å². The van der Waals surface area contributed by atoms with Crippen molar-refractivity contribution in [1.29, 1.82) is 0 Å². The van der Waals surface area contributed by atoms with Gasteiger partial charge < -0.3 is 9.84 Å². The summed E-state index contributed by atoms with van der Waals surface area (Å²) in [4.78, 5) is 4.20. The van der Waals surface area contributed by atoms with Crippen LogP contribution < -0.4 is 4.74 Å². The van der Waals surface area contributed by atoms with Crippen LogP contribution in [0.25, 0.3) is 0 Å². The normalized spacial score (nSPS) is 19.6. The molecule has 0 radical (unpaired) electrons. The minimum Gasteiger partial charge on any atom is -0.489 e. The molecular formula is C15H23NO2. The molecule has 0 saturated heterocycles. The van der Waals surface area contributed by atoms with Crippen molar-refractivity contribution in [2.24, 2.45) is 0 Å². The molecule has 3 heteroatoms. The van der Waals surface area contributed by atoms with E-state index in [4.69, 9.17) is 4.74 Å². The van der Waals surface area contributed by atoms with Gasteiger partial charge >= 0.3 is 0 Å². The van der Waals surface area contributed by atoms with Gasteiger partial charge in [0, 0.05) is 11.8 Å². The second kappa shape index (κ2) is 5.70. The van der Waals surface area contributed by atoms with Gasteiger partial charge in [0.2, 0.25) is 0 Å². The van der Waals surface area contributed by atoms with E-state index in [1.54, 1.807) is 12.4 Å². The molecule has 0 amide bonds. The molecule has 1 aromatic rings. The SMILES string of the molecule is CC(C)Oc1cncc(C2(O)CCCCCC2)c1. The van der Waals surface area contributed by atoms with E-state index in [1.807, 2.05) is 19.9 Å². The Bertz CT molecular complexity index is 382. The lowest BCUT2D eigenvalue weighted by atomic mass is 9.87. The highest BCUT2D eigenvalue weighted by atomic mass is 16.5. The maximum Gasteiger partial charge on any atom is 0.138 e. The Morgan fingerprint density at radius 1 is 1.17 bits per heavy atom. The Hall–Kier alpha value is -1.09. The van der Waals surface area contributed by atoms with E-state index in [1.165, 1.54) is 12.8 Å². The molecule has 1 saturated carbocycles. The van der Waals surface area contributed by atoms with E-state index in [0.29, 0.717) is 0 Å². The van der Waals surface area contributed by atoms with Crippen LogP contribution in [0.5, 0.6) is 5.75 Å². The van der Waals surface area contributed by atoms with E-state index in [-0.39, 0.29) is 6.10 Å². The standard InChI is InChI=1S/C15H23NO2/c1-12(2)18-14-9-13(10-16-11-14)15(17)7-5-3-4-6-8-15/h9-12,17H,3-8H2,1-2H3. The number of hydrogen-bond acceptors (Lipinski definition) is 3. The lowest BCUT2D eigenvalue weighted by Crippen LogP contribution is -2.25. The van der Waals surface area contributed by atoms with Crippen LogP contribution in [0.2, 0.25) is 0 Å². The maximum atomic E-state index is 10.8. The smallest absolute Gasteiger partial charge is 0.138 e. The zero-order chi connectivity index (χ0) is 13.0. The first-order valence-corrected chi connectivity index (χ1v) is 6.95. The number of aromatic nitrogens is 1. The number of ether oxygens (including phenoxy) is 1. The molecule has 0 aliphatic heterocycles. The largest absolute Gasteiger partial charge is 0.489 e. The summed E-state index contributed by atoms with van der Waals surface area (Å²) in [5, 5.41) is 10.8. The number of nitrogens with zero attached hydrogens (tertiary/aromatic N) is 1. The van der Waals surface area contributed by atoms with Gasteiger partial charge in [-0.3, -0.25) is 4.98 Å². The molecule has 0 unspecified atom stereocenters. The van der Waals surface area contributed by atoms with Crippen LogP contribution in [-0.4, -0.2) is 16.2 Å². The third-order valence-corrected chi connectivity index (χ3v) is 3.55. The number of aliphatic hydroxyl groups is 1. The van der Waals surface area contributed by atoms with Crippen molar-refractivity contribution in [3.8, 4) is 5.75 Å². The van der Waals surface area contributed by atoms with Crippen molar-refractivity contribution in [2.45, 2.75) is 64.1 Å². The summed E-state index contributed by atoms with van der Waals surface area (Å²) < 4.78 is 5.65. The predicted octanol–water partition coefficient (Wildman–Crippen LogP) is 3.41. The van der Waals surface area contributed by atoms with Crippen molar-refractivity contribution in [3.63, 3.8) is 0 Å². The summed E-state index contributed by atoms with van der Waals surface area (Å²) in [6.07, 6.45) is 9.90. The molecule has 0 aromatic carbocycles. The van der Waals surface area contributed by atoms with Gasteiger partial charge in [0.1, 0.15) is 5.75 Å². The molecule has 0 bridgehead atoms. The summed E-state index contributed by atoms with van der Waals surface area (Å²) in [5.74, 6) is 0.750. The lowest BCUT2D eigenvalue weighted by molar-refractivity contribution is 0.0200. The van der Waals surface area contributed by atoms with Gasteiger partial charge in [0.15, 0.2) is 0 Å². The summed E-state index contributed by atoms with van der Waals surface area (Å²) in [6, 6.07) is 1.94. The Labute approximate surface area is 109 Å². The van der Waals surface area contributed by atoms with Gasteiger partial charge in [-0.15, -0.1) is 0 Å². The zero-order valence-electron chi connectivity index (χ0n) is 11.4. The van der Waals surface area contributed by atoms with Crippen LogP contribution in [0, 0.1) is 0 Å². The van der Waals surface area contributed by atoms with E-state index < -0.39 is 5.60 Å².